The van der Waals surface area contributed by atoms with Crippen molar-refractivity contribution in [3.63, 3.8) is 0 Å². The third kappa shape index (κ3) is 3.99. The van der Waals surface area contributed by atoms with Crippen LogP contribution in [-0.4, -0.2) is 57.0 Å². The zero-order valence-corrected chi connectivity index (χ0v) is 20.6. The van der Waals surface area contributed by atoms with Gasteiger partial charge in [-0.2, -0.15) is 10.2 Å². The van der Waals surface area contributed by atoms with Gasteiger partial charge in [0.25, 0.3) is 5.91 Å². The van der Waals surface area contributed by atoms with Gasteiger partial charge in [0.05, 0.1) is 29.4 Å². The number of carbonyl (C=O) groups excluding carboxylic acids is 1. The number of hydrogen-bond acceptors (Lipinski definition) is 6. The van der Waals surface area contributed by atoms with Crippen molar-refractivity contribution in [2.24, 2.45) is 0 Å². The predicted octanol–water partition coefficient (Wildman–Crippen LogP) is 3.73. The van der Waals surface area contributed by atoms with E-state index < -0.39 is 5.60 Å². The Morgan fingerprint density at radius 3 is 3.08 bits per heavy atom. The van der Waals surface area contributed by atoms with Crippen LogP contribution in [0.15, 0.2) is 73.4 Å². The van der Waals surface area contributed by atoms with Gasteiger partial charge in [-0.25, -0.2) is 4.98 Å². The summed E-state index contributed by atoms with van der Waals surface area (Å²) in [6, 6.07) is 13.2. The predicted molar refractivity (Wildman–Crippen MR) is 142 cm³/mol. The number of aromatic nitrogens is 7. The Balaban J connectivity index is 1.10. The van der Waals surface area contributed by atoms with Crippen LogP contribution in [0.3, 0.4) is 0 Å². The molecular formula is C28H26N8O2. The summed E-state index contributed by atoms with van der Waals surface area (Å²) in [7, 11) is 0. The molecule has 1 fully saturated rings. The quantitative estimate of drug-likeness (QED) is 0.327. The Morgan fingerprint density at radius 2 is 2.13 bits per heavy atom. The molecule has 10 heteroatoms. The third-order valence-corrected chi connectivity index (χ3v) is 7.50. The lowest BCUT2D eigenvalue weighted by Gasteiger charge is -2.37. The maximum absolute atomic E-state index is 13.3. The zero-order valence-electron chi connectivity index (χ0n) is 20.6. The van der Waals surface area contributed by atoms with E-state index in [4.69, 9.17) is 0 Å². The number of H-pyrrole nitrogens is 1. The van der Waals surface area contributed by atoms with Crippen molar-refractivity contribution in [2.75, 3.05) is 0 Å². The van der Waals surface area contributed by atoms with E-state index in [-0.39, 0.29) is 11.9 Å². The molecule has 1 aliphatic carbocycles. The number of amides is 1. The summed E-state index contributed by atoms with van der Waals surface area (Å²) < 4.78 is 3.75. The lowest BCUT2D eigenvalue weighted by Crippen LogP contribution is -2.47. The molecule has 38 heavy (non-hydrogen) atoms. The van der Waals surface area contributed by atoms with Crippen LogP contribution >= 0.6 is 0 Å². The van der Waals surface area contributed by atoms with Crippen molar-refractivity contribution >= 4 is 33.5 Å². The second-order valence-electron chi connectivity index (χ2n) is 10.1. The van der Waals surface area contributed by atoms with Crippen LogP contribution < -0.4 is 5.32 Å². The molecule has 0 aliphatic heterocycles. The van der Waals surface area contributed by atoms with Gasteiger partial charge in [0.2, 0.25) is 0 Å². The number of nitrogens with zero attached hydrogens (tertiary/aromatic N) is 6. The highest BCUT2D eigenvalue weighted by Crippen LogP contribution is 2.32. The minimum absolute atomic E-state index is 0.135. The second-order valence-corrected chi connectivity index (χ2v) is 10.1. The molecule has 2 atom stereocenters. The van der Waals surface area contributed by atoms with E-state index in [0.717, 1.165) is 51.7 Å². The van der Waals surface area contributed by atoms with Crippen molar-refractivity contribution in [3.05, 3.63) is 79.0 Å². The number of hydrogen-bond donors (Lipinski definition) is 3. The highest BCUT2D eigenvalue weighted by atomic mass is 16.3. The molecule has 6 aromatic rings. The Kier molecular flexibility index (Phi) is 5.22. The monoisotopic (exact) mass is 506 g/mol. The van der Waals surface area contributed by atoms with Crippen molar-refractivity contribution in [3.8, 4) is 11.3 Å². The first-order valence-electron chi connectivity index (χ1n) is 12.8. The smallest absolute Gasteiger partial charge is 0.251 e. The van der Waals surface area contributed by atoms with Crippen molar-refractivity contribution < 1.29 is 9.90 Å². The van der Waals surface area contributed by atoms with E-state index in [2.05, 4.69) is 30.6 Å². The van der Waals surface area contributed by atoms with Crippen molar-refractivity contribution in [1.29, 1.82) is 0 Å². The number of benzene rings is 1. The molecule has 7 rings (SSSR count). The molecule has 3 N–H and O–H groups in total. The van der Waals surface area contributed by atoms with Gasteiger partial charge in [-0.05, 0) is 68.1 Å². The fourth-order valence-corrected chi connectivity index (χ4v) is 5.63. The first-order chi connectivity index (χ1) is 18.5. The summed E-state index contributed by atoms with van der Waals surface area (Å²) in [5.41, 5.74) is 4.71. The summed E-state index contributed by atoms with van der Waals surface area (Å²) in [5, 5.41) is 27.5. The van der Waals surface area contributed by atoms with Gasteiger partial charge in [0, 0.05) is 47.3 Å². The fourth-order valence-electron chi connectivity index (χ4n) is 5.63. The number of nitrogens with one attached hydrogen (secondary N) is 2. The molecule has 10 nitrogen and oxygen atoms in total. The van der Waals surface area contributed by atoms with Gasteiger partial charge in [-0.15, -0.1) is 0 Å². The minimum atomic E-state index is -0.960. The molecule has 1 amide bonds. The normalized spacial score (nSPS) is 19.9. The largest absolute Gasteiger partial charge is 0.388 e. The summed E-state index contributed by atoms with van der Waals surface area (Å²) in [5.74, 6) is -0.160. The third-order valence-electron chi connectivity index (χ3n) is 7.50. The molecule has 0 radical (unpaired) electrons. The summed E-state index contributed by atoms with van der Waals surface area (Å²) in [6.07, 6.45) is 11.8. The Bertz CT molecular complexity index is 1800. The minimum Gasteiger partial charge on any atom is -0.388 e. The average molecular weight is 507 g/mol. The maximum Gasteiger partial charge on any atom is 0.251 e. The van der Waals surface area contributed by atoms with Crippen molar-refractivity contribution in [2.45, 2.75) is 43.9 Å². The van der Waals surface area contributed by atoms with Crippen LogP contribution in [0.25, 0.3) is 38.8 Å². The first-order valence-corrected chi connectivity index (χ1v) is 12.8. The number of carbonyl (C=O) groups is 1. The number of aromatic amines is 1. The molecule has 5 heterocycles. The molecule has 0 bridgehead atoms. The van der Waals surface area contributed by atoms with Crippen molar-refractivity contribution in [1.82, 2.24) is 39.7 Å². The molecule has 0 spiro atoms. The van der Waals surface area contributed by atoms with Crippen LogP contribution in [0.1, 0.15) is 36.0 Å². The van der Waals surface area contributed by atoms with E-state index in [1.165, 1.54) is 0 Å². The molecule has 2 unspecified atom stereocenters. The lowest BCUT2D eigenvalue weighted by molar-refractivity contribution is -0.0227. The summed E-state index contributed by atoms with van der Waals surface area (Å²) in [6.45, 7) is 0.361. The Labute approximate surface area is 217 Å². The highest BCUT2D eigenvalue weighted by Gasteiger charge is 2.36. The summed E-state index contributed by atoms with van der Waals surface area (Å²) >= 11 is 0. The average Bonchev–Trinajstić information content (AvgIpc) is 3.66. The van der Waals surface area contributed by atoms with Gasteiger partial charge in [-0.3, -0.25) is 19.6 Å². The van der Waals surface area contributed by atoms with Gasteiger partial charge >= 0.3 is 0 Å². The first kappa shape index (κ1) is 22.6. The highest BCUT2D eigenvalue weighted by molar-refractivity contribution is 6.01. The number of aliphatic hydroxyl groups is 1. The number of imidazole rings is 1. The number of fused-ring (bicyclic) bond motifs is 3. The Morgan fingerprint density at radius 1 is 1.18 bits per heavy atom. The molecular weight excluding hydrogens is 480 g/mol. The molecule has 0 saturated heterocycles. The number of pyridine rings is 2. The zero-order chi connectivity index (χ0) is 25.7. The van der Waals surface area contributed by atoms with E-state index in [1.807, 2.05) is 57.9 Å². The molecule has 1 aromatic carbocycles. The van der Waals surface area contributed by atoms with Crippen LogP contribution in [0, 0.1) is 0 Å². The molecule has 5 aromatic heterocycles. The van der Waals surface area contributed by atoms with Crippen LogP contribution in [0.4, 0.5) is 0 Å². The molecule has 1 saturated carbocycles. The molecule has 190 valence electrons. The van der Waals surface area contributed by atoms with Gasteiger partial charge in [0.15, 0.2) is 0 Å². The maximum atomic E-state index is 13.3. The van der Waals surface area contributed by atoms with Gasteiger partial charge in [-0.1, -0.05) is 0 Å². The molecule has 1 aliphatic rings. The topological polar surface area (TPSA) is 126 Å². The standard InChI is InChI=1S/C28H26N8O2/c37-27(32-20-3-1-9-28(38,14-20)17-36-24-4-2-10-29-23(24)15-31-36)18-5-7-22-21(13-18)26(34-33-22)19-6-8-25-30-11-12-35(25)16-19/h2,4-8,10-13,15-16,20,38H,1,3,9,14,17H2,(H,32,37)(H,33,34). The Hall–Kier alpha value is -4.57. The fraction of sp³-hybridized carbons (Fsp3) is 0.250. The van der Waals surface area contributed by atoms with E-state index in [1.54, 1.807) is 24.7 Å². The summed E-state index contributed by atoms with van der Waals surface area (Å²) in [4.78, 5) is 21.9. The van der Waals surface area contributed by atoms with E-state index in [0.29, 0.717) is 24.9 Å². The van der Waals surface area contributed by atoms with Crippen LogP contribution in [0.5, 0.6) is 0 Å². The SMILES string of the molecule is O=C(NC1CCCC(O)(Cn2ncc3ncccc32)C1)c1ccc2[nH]nc(-c3ccc4nccn4c3)c2c1. The lowest BCUT2D eigenvalue weighted by atomic mass is 9.81. The van der Waals surface area contributed by atoms with E-state index in [9.17, 15) is 9.90 Å². The second kappa shape index (κ2) is 8.77. The van der Waals surface area contributed by atoms with Crippen LogP contribution in [0.2, 0.25) is 0 Å². The van der Waals surface area contributed by atoms with Crippen LogP contribution in [-0.2, 0) is 6.54 Å². The van der Waals surface area contributed by atoms with Gasteiger partial charge in [0.1, 0.15) is 16.9 Å². The number of rotatable bonds is 5. The van der Waals surface area contributed by atoms with E-state index >= 15 is 0 Å². The van der Waals surface area contributed by atoms with Gasteiger partial charge < -0.3 is 14.8 Å².